The Balaban J connectivity index is 1.86. The Kier molecular flexibility index (Phi) is 2.18. The van der Waals surface area contributed by atoms with E-state index in [9.17, 15) is 0 Å². The van der Waals surface area contributed by atoms with Gasteiger partial charge in [0.2, 0.25) is 5.95 Å². The Morgan fingerprint density at radius 1 is 1.50 bits per heavy atom. The number of aromatic nitrogens is 2. The van der Waals surface area contributed by atoms with E-state index in [4.69, 9.17) is 10.5 Å². The fourth-order valence-corrected chi connectivity index (χ4v) is 1.94. The van der Waals surface area contributed by atoms with E-state index < -0.39 is 0 Å². The lowest BCUT2D eigenvalue weighted by Crippen LogP contribution is -2.19. The average Bonchev–Trinajstić information content (AvgIpc) is 2.86. The molecule has 1 aliphatic rings. The summed E-state index contributed by atoms with van der Waals surface area (Å²) >= 11 is 0. The van der Waals surface area contributed by atoms with E-state index in [-0.39, 0.29) is 0 Å². The van der Waals surface area contributed by atoms with Crippen LogP contribution in [0.4, 0.5) is 11.6 Å². The Morgan fingerprint density at radius 3 is 3.25 bits per heavy atom. The van der Waals surface area contributed by atoms with Gasteiger partial charge in [0, 0.05) is 12.3 Å². The van der Waals surface area contributed by atoms with Crippen LogP contribution in [0.5, 0.6) is 0 Å². The maximum absolute atomic E-state index is 5.71. The molecule has 1 fully saturated rings. The predicted octanol–water partition coefficient (Wildman–Crippen LogP) is 1.35. The second kappa shape index (κ2) is 3.68. The number of nitrogen functional groups attached to an aromatic ring is 1. The number of nitrogens with two attached hydrogens (primary N) is 1. The van der Waals surface area contributed by atoms with E-state index in [0.717, 1.165) is 42.3 Å². The van der Waals surface area contributed by atoms with Gasteiger partial charge in [-0.2, -0.15) is 0 Å². The summed E-state index contributed by atoms with van der Waals surface area (Å²) in [6.45, 7) is 1.57. The maximum Gasteiger partial charge on any atom is 0.201 e. The monoisotopic (exact) mass is 218 g/mol. The lowest BCUT2D eigenvalue weighted by Gasteiger charge is -2.07. The van der Waals surface area contributed by atoms with Gasteiger partial charge in [0.05, 0.1) is 23.7 Å². The molecule has 1 aromatic carbocycles. The van der Waals surface area contributed by atoms with Gasteiger partial charge in [-0.05, 0) is 24.6 Å². The minimum Gasteiger partial charge on any atom is -0.399 e. The molecule has 4 N–H and O–H groups in total. The summed E-state index contributed by atoms with van der Waals surface area (Å²) in [7, 11) is 0. The molecule has 0 radical (unpaired) electrons. The highest BCUT2D eigenvalue weighted by atomic mass is 16.5. The van der Waals surface area contributed by atoms with Crippen LogP contribution in [0, 0.1) is 0 Å². The Morgan fingerprint density at radius 2 is 2.44 bits per heavy atom. The first-order valence-corrected chi connectivity index (χ1v) is 5.41. The van der Waals surface area contributed by atoms with Crippen molar-refractivity contribution in [3.05, 3.63) is 18.2 Å². The summed E-state index contributed by atoms with van der Waals surface area (Å²) in [4.78, 5) is 7.65. The van der Waals surface area contributed by atoms with Gasteiger partial charge in [0.1, 0.15) is 0 Å². The van der Waals surface area contributed by atoms with E-state index in [1.807, 2.05) is 18.2 Å². The number of nitrogens with one attached hydrogen (secondary N) is 2. The van der Waals surface area contributed by atoms with E-state index in [1.54, 1.807) is 0 Å². The van der Waals surface area contributed by atoms with Crippen LogP contribution in [-0.2, 0) is 4.74 Å². The molecule has 0 saturated carbocycles. The molecular weight excluding hydrogens is 204 g/mol. The molecule has 1 saturated heterocycles. The van der Waals surface area contributed by atoms with Crippen LogP contribution in [0.15, 0.2) is 18.2 Å². The molecule has 5 heteroatoms. The van der Waals surface area contributed by atoms with Crippen molar-refractivity contribution in [2.24, 2.45) is 0 Å². The highest BCUT2D eigenvalue weighted by molar-refractivity contribution is 5.80. The third-order valence-electron chi connectivity index (χ3n) is 2.78. The first-order chi connectivity index (χ1) is 7.81. The van der Waals surface area contributed by atoms with Crippen LogP contribution < -0.4 is 11.1 Å². The van der Waals surface area contributed by atoms with Crippen LogP contribution >= 0.6 is 0 Å². The van der Waals surface area contributed by atoms with Crippen molar-refractivity contribution in [2.75, 3.05) is 24.3 Å². The zero-order valence-corrected chi connectivity index (χ0v) is 8.86. The number of imidazole rings is 1. The molecule has 1 atom stereocenters. The van der Waals surface area contributed by atoms with Gasteiger partial charge in [-0.25, -0.2) is 4.98 Å². The number of nitrogens with zero attached hydrogens (tertiary/aromatic N) is 1. The van der Waals surface area contributed by atoms with E-state index in [0.29, 0.717) is 6.04 Å². The third-order valence-corrected chi connectivity index (χ3v) is 2.78. The van der Waals surface area contributed by atoms with Crippen LogP contribution in [0.2, 0.25) is 0 Å². The second-order valence-corrected chi connectivity index (χ2v) is 4.07. The minimum atomic E-state index is 0.359. The fourth-order valence-electron chi connectivity index (χ4n) is 1.94. The molecule has 1 aromatic heterocycles. The average molecular weight is 218 g/mol. The molecule has 84 valence electrons. The molecule has 0 spiro atoms. The quantitative estimate of drug-likeness (QED) is 0.665. The molecule has 2 aromatic rings. The summed E-state index contributed by atoms with van der Waals surface area (Å²) in [5, 5.41) is 3.32. The van der Waals surface area contributed by atoms with Crippen molar-refractivity contribution in [1.82, 2.24) is 9.97 Å². The minimum absolute atomic E-state index is 0.359. The van der Waals surface area contributed by atoms with Crippen molar-refractivity contribution < 1.29 is 4.74 Å². The molecule has 1 aliphatic heterocycles. The van der Waals surface area contributed by atoms with Crippen molar-refractivity contribution >= 4 is 22.7 Å². The second-order valence-electron chi connectivity index (χ2n) is 4.07. The molecule has 0 amide bonds. The number of hydrogen-bond acceptors (Lipinski definition) is 4. The number of ether oxygens (including phenoxy) is 1. The van der Waals surface area contributed by atoms with Gasteiger partial charge in [0.15, 0.2) is 0 Å². The molecule has 0 aliphatic carbocycles. The summed E-state index contributed by atoms with van der Waals surface area (Å²) in [6.07, 6.45) is 1.03. The van der Waals surface area contributed by atoms with E-state index in [1.165, 1.54) is 0 Å². The lowest BCUT2D eigenvalue weighted by atomic mass is 10.3. The van der Waals surface area contributed by atoms with Crippen LogP contribution in [0.3, 0.4) is 0 Å². The summed E-state index contributed by atoms with van der Waals surface area (Å²) < 4.78 is 5.30. The Bertz CT molecular complexity index is 502. The number of benzene rings is 1. The summed E-state index contributed by atoms with van der Waals surface area (Å²) in [5.41, 5.74) is 8.34. The van der Waals surface area contributed by atoms with Crippen LogP contribution in [-0.4, -0.2) is 29.2 Å². The zero-order chi connectivity index (χ0) is 11.0. The number of anilines is 2. The van der Waals surface area contributed by atoms with Gasteiger partial charge in [0.25, 0.3) is 0 Å². The molecule has 2 heterocycles. The normalized spacial score (nSPS) is 20.4. The summed E-state index contributed by atoms with van der Waals surface area (Å²) in [5.74, 6) is 0.788. The number of fused-ring (bicyclic) bond motifs is 1. The van der Waals surface area contributed by atoms with Crippen molar-refractivity contribution in [2.45, 2.75) is 12.5 Å². The van der Waals surface area contributed by atoms with Crippen molar-refractivity contribution in [3.63, 3.8) is 0 Å². The fraction of sp³-hybridized carbons (Fsp3) is 0.364. The topological polar surface area (TPSA) is 76.0 Å². The Hall–Kier alpha value is -1.75. The predicted molar refractivity (Wildman–Crippen MR) is 63.4 cm³/mol. The zero-order valence-electron chi connectivity index (χ0n) is 8.86. The van der Waals surface area contributed by atoms with Gasteiger partial charge in [-0.15, -0.1) is 0 Å². The van der Waals surface area contributed by atoms with E-state index in [2.05, 4.69) is 15.3 Å². The van der Waals surface area contributed by atoms with Gasteiger partial charge in [-0.1, -0.05) is 0 Å². The summed E-state index contributed by atoms with van der Waals surface area (Å²) in [6, 6.07) is 6.01. The number of hydrogen-bond donors (Lipinski definition) is 3. The Labute approximate surface area is 93.0 Å². The standard InChI is InChI=1S/C11H14N4O/c12-7-1-2-9-10(5-7)15-11(14-9)13-8-3-4-16-6-8/h1-2,5,8H,3-4,6,12H2,(H2,13,14,15). The highest BCUT2D eigenvalue weighted by Gasteiger charge is 2.16. The van der Waals surface area contributed by atoms with Crippen molar-refractivity contribution in [1.29, 1.82) is 0 Å². The molecule has 1 unspecified atom stereocenters. The SMILES string of the molecule is Nc1ccc2nc(NC3CCOC3)[nH]c2c1. The van der Waals surface area contributed by atoms with Gasteiger partial charge >= 0.3 is 0 Å². The first kappa shape index (κ1) is 9.47. The molecule has 5 nitrogen and oxygen atoms in total. The van der Waals surface area contributed by atoms with Gasteiger partial charge < -0.3 is 20.8 Å². The maximum atomic E-state index is 5.71. The van der Waals surface area contributed by atoms with Gasteiger partial charge in [-0.3, -0.25) is 0 Å². The molecule has 16 heavy (non-hydrogen) atoms. The highest BCUT2D eigenvalue weighted by Crippen LogP contribution is 2.18. The largest absolute Gasteiger partial charge is 0.399 e. The first-order valence-electron chi connectivity index (χ1n) is 5.41. The lowest BCUT2D eigenvalue weighted by molar-refractivity contribution is 0.195. The van der Waals surface area contributed by atoms with Crippen LogP contribution in [0.1, 0.15) is 6.42 Å². The van der Waals surface area contributed by atoms with Crippen molar-refractivity contribution in [3.8, 4) is 0 Å². The molecular formula is C11H14N4O. The molecule has 3 rings (SSSR count). The number of H-pyrrole nitrogens is 1. The third kappa shape index (κ3) is 1.69. The van der Waals surface area contributed by atoms with Crippen LogP contribution in [0.25, 0.3) is 11.0 Å². The molecule has 0 bridgehead atoms. The smallest absolute Gasteiger partial charge is 0.201 e. The number of rotatable bonds is 2. The number of aromatic amines is 1. The van der Waals surface area contributed by atoms with E-state index >= 15 is 0 Å².